The first-order valence-corrected chi connectivity index (χ1v) is 9.58. The fourth-order valence-electron chi connectivity index (χ4n) is 3.22. The van der Waals surface area contributed by atoms with Gasteiger partial charge >= 0.3 is 0 Å². The Morgan fingerprint density at radius 2 is 2.11 bits per heavy atom. The average Bonchev–Trinajstić information content (AvgIpc) is 3.44. The van der Waals surface area contributed by atoms with Gasteiger partial charge in [0.1, 0.15) is 30.0 Å². The Morgan fingerprint density at radius 1 is 1.25 bits per heavy atom. The molecule has 0 unspecified atom stereocenters. The third-order valence-electron chi connectivity index (χ3n) is 4.82. The second kappa shape index (κ2) is 7.77. The van der Waals surface area contributed by atoms with Gasteiger partial charge in [-0.3, -0.25) is 0 Å². The lowest BCUT2D eigenvalue weighted by Gasteiger charge is -2.17. The van der Waals surface area contributed by atoms with E-state index in [1.54, 1.807) is 6.07 Å². The van der Waals surface area contributed by atoms with E-state index in [1.807, 2.05) is 56.6 Å². The molecule has 0 saturated heterocycles. The van der Waals surface area contributed by atoms with E-state index in [4.69, 9.17) is 14.7 Å². The smallest absolute Gasteiger partial charge is 0.130 e. The van der Waals surface area contributed by atoms with Gasteiger partial charge in [0.25, 0.3) is 0 Å². The van der Waals surface area contributed by atoms with Crippen molar-refractivity contribution in [1.82, 2.24) is 9.55 Å². The van der Waals surface area contributed by atoms with Gasteiger partial charge in [-0.2, -0.15) is 5.26 Å². The first-order chi connectivity index (χ1) is 13.6. The quantitative estimate of drug-likeness (QED) is 0.598. The van der Waals surface area contributed by atoms with Gasteiger partial charge in [-0.25, -0.2) is 4.98 Å². The number of aromatic nitrogens is 2. The molecular formula is C23H23N3O2. The molecule has 1 heterocycles. The Kier molecular flexibility index (Phi) is 5.03. The highest BCUT2D eigenvalue weighted by molar-refractivity contribution is 5.42. The van der Waals surface area contributed by atoms with Crippen molar-refractivity contribution in [2.24, 2.45) is 0 Å². The summed E-state index contributed by atoms with van der Waals surface area (Å²) in [6, 6.07) is 15.6. The SMILES string of the molecule is Cc1cc(C#N)ccc1O[C@H](C)COc1cccc(-n2ccnc2C2CC2)c1. The maximum absolute atomic E-state index is 8.97. The molecule has 0 radical (unpaired) electrons. The standard InChI is InChI=1S/C23H23N3O2/c1-16-12-18(14-24)6-9-22(16)28-17(2)15-27-21-5-3-4-20(13-21)26-11-10-25-23(26)19-7-8-19/h3-6,9-13,17,19H,7-8,15H2,1-2H3/t17-/m1/s1. The maximum atomic E-state index is 8.97. The molecule has 0 spiro atoms. The van der Waals surface area contributed by atoms with Crippen LogP contribution >= 0.6 is 0 Å². The highest BCUT2D eigenvalue weighted by atomic mass is 16.5. The molecule has 0 bridgehead atoms. The zero-order chi connectivity index (χ0) is 19.5. The summed E-state index contributed by atoms with van der Waals surface area (Å²) in [4.78, 5) is 4.51. The Balaban J connectivity index is 1.40. The van der Waals surface area contributed by atoms with Crippen LogP contribution in [0.5, 0.6) is 11.5 Å². The highest BCUT2D eigenvalue weighted by Crippen LogP contribution is 2.40. The van der Waals surface area contributed by atoms with Gasteiger partial charge in [-0.1, -0.05) is 6.07 Å². The monoisotopic (exact) mass is 373 g/mol. The van der Waals surface area contributed by atoms with Crippen molar-refractivity contribution in [2.75, 3.05) is 6.61 Å². The number of imidazole rings is 1. The Hall–Kier alpha value is -3.26. The van der Waals surface area contributed by atoms with Crippen LogP contribution in [0.15, 0.2) is 54.9 Å². The third kappa shape index (κ3) is 4.01. The molecule has 1 aliphatic rings. The van der Waals surface area contributed by atoms with E-state index in [-0.39, 0.29) is 6.10 Å². The van der Waals surface area contributed by atoms with Crippen molar-refractivity contribution in [2.45, 2.75) is 38.7 Å². The van der Waals surface area contributed by atoms with E-state index < -0.39 is 0 Å². The Labute approximate surface area is 165 Å². The van der Waals surface area contributed by atoms with Crippen LogP contribution in [-0.2, 0) is 0 Å². The molecule has 1 atom stereocenters. The van der Waals surface area contributed by atoms with Gasteiger partial charge in [0, 0.05) is 24.4 Å². The van der Waals surface area contributed by atoms with Crippen molar-refractivity contribution in [3.05, 3.63) is 71.8 Å². The zero-order valence-electron chi connectivity index (χ0n) is 16.1. The maximum Gasteiger partial charge on any atom is 0.130 e. The fraction of sp³-hybridized carbons (Fsp3) is 0.304. The first-order valence-electron chi connectivity index (χ1n) is 9.58. The van der Waals surface area contributed by atoms with E-state index in [2.05, 4.69) is 21.7 Å². The summed E-state index contributed by atoms with van der Waals surface area (Å²) < 4.78 is 14.1. The highest BCUT2D eigenvalue weighted by Gasteiger charge is 2.28. The van der Waals surface area contributed by atoms with Crippen LogP contribution in [0.25, 0.3) is 5.69 Å². The summed E-state index contributed by atoms with van der Waals surface area (Å²) in [7, 11) is 0. The first kappa shape index (κ1) is 18.1. The molecule has 0 aliphatic heterocycles. The topological polar surface area (TPSA) is 60.1 Å². The second-order valence-electron chi connectivity index (χ2n) is 7.26. The largest absolute Gasteiger partial charge is 0.490 e. The Bertz CT molecular complexity index is 1010. The summed E-state index contributed by atoms with van der Waals surface area (Å²) in [5.41, 5.74) is 2.64. The summed E-state index contributed by atoms with van der Waals surface area (Å²) in [6.45, 7) is 4.35. The number of hydrogen-bond donors (Lipinski definition) is 0. The van der Waals surface area contributed by atoms with Crippen LogP contribution in [0.4, 0.5) is 0 Å². The minimum atomic E-state index is -0.120. The lowest BCUT2D eigenvalue weighted by molar-refractivity contribution is 0.142. The molecule has 1 saturated carbocycles. The van der Waals surface area contributed by atoms with Crippen molar-refractivity contribution in [1.29, 1.82) is 5.26 Å². The number of ether oxygens (including phenoxy) is 2. The molecule has 1 aromatic heterocycles. The van der Waals surface area contributed by atoms with Crippen LogP contribution in [0.3, 0.4) is 0 Å². The van der Waals surface area contributed by atoms with E-state index in [0.717, 1.165) is 28.6 Å². The number of aryl methyl sites for hydroxylation is 1. The van der Waals surface area contributed by atoms with Crippen molar-refractivity contribution in [3.8, 4) is 23.3 Å². The average molecular weight is 373 g/mol. The fourth-order valence-corrected chi connectivity index (χ4v) is 3.22. The molecule has 1 aliphatic carbocycles. The minimum Gasteiger partial charge on any atom is -0.490 e. The van der Waals surface area contributed by atoms with E-state index in [9.17, 15) is 0 Å². The molecule has 1 fully saturated rings. The minimum absolute atomic E-state index is 0.120. The van der Waals surface area contributed by atoms with Crippen LogP contribution < -0.4 is 9.47 Å². The predicted molar refractivity (Wildman–Crippen MR) is 107 cm³/mol. The van der Waals surface area contributed by atoms with E-state index in [0.29, 0.717) is 18.1 Å². The van der Waals surface area contributed by atoms with E-state index in [1.165, 1.54) is 12.8 Å². The number of benzene rings is 2. The summed E-state index contributed by atoms with van der Waals surface area (Å²) >= 11 is 0. The van der Waals surface area contributed by atoms with Gasteiger partial charge in [-0.15, -0.1) is 0 Å². The molecule has 0 N–H and O–H groups in total. The molecule has 4 rings (SSSR count). The van der Waals surface area contributed by atoms with Crippen LogP contribution in [-0.4, -0.2) is 22.3 Å². The van der Waals surface area contributed by atoms with Crippen molar-refractivity contribution in [3.63, 3.8) is 0 Å². The molecule has 5 heteroatoms. The zero-order valence-corrected chi connectivity index (χ0v) is 16.1. The lowest BCUT2D eigenvalue weighted by atomic mass is 10.1. The van der Waals surface area contributed by atoms with Gasteiger partial charge in [0.05, 0.1) is 17.3 Å². The van der Waals surface area contributed by atoms with Gasteiger partial charge < -0.3 is 14.0 Å². The van der Waals surface area contributed by atoms with Crippen LogP contribution in [0.2, 0.25) is 0 Å². The molecule has 28 heavy (non-hydrogen) atoms. The summed E-state index contributed by atoms with van der Waals surface area (Å²) in [5.74, 6) is 3.30. The molecule has 0 amide bonds. The molecule has 2 aromatic carbocycles. The number of hydrogen-bond acceptors (Lipinski definition) is 4. The second-order valence-corrected chi connectivity index (χ2v) is 7.26. The number of rotatable bonds is 7. The molecule has 142 valence electrons. The predicted octanol–water partition coefficient (Wildman–Crippen LogP) is 4.78. The lowest BCUT2D eigenvalue weighted by Crippen LogP contribution is -2.21. The normalized spacial score (nSPS) is 14.3. The van der Waals surface area contributed by atoms with Gasteiger partial charge in [-0.05, 0) is 62.6 Å². The summed E-state index contributed by atoms with van der Waals surface area (Å²) in [6.07, 6.45) is 6.18. The Morgan fingerprint density at radius 3 is 2.86 bits per heavy atom. The number of nitriles is 1. The number of nitrogens with zero attached hydrogens (tertiary/aromatic N) is 3. The summed E-state index contributed by atoms with van der Waals surface area (Å²) in [5, 5.41) is 8.97. The van der Waals surface area contributed by atoms with Crippen LogP contribution in [0.1, 0.15) is 42.6 Å². The molecular weight excluding hydrogens is 350 g/mol. The van der Waals surface area contributed by atoms with Crippen LogP contribution in [0, 0.1) is 18.3 Å². The molecule has 5 nitrogen and oxygen atoms in total. The third-order valence-corrected chi connectivity index (χ3v) is 4.82. The van der Waals surface area contributed by atoms with E-state index >= 15 is 0 Å². The van der Waals surface area contributed by atoms with Gasteiger partial charge in [0.15, 0.2) is 0 Å². The molecule has 3 aromatic rings. The van der Waals surface area contributed by atoms with Crippen molar-refractivity contribution >= 4 is 0 Å². The van der Waals surface area contributed by atoms with Gasteiger partial charge in [0.2, 0.25) is 0 Å². The van der Waals surface area contributed by atoms with Crippen molar-refractivity contribution < 1.29 is 9.47 Å².